The van der Waals surface area contributed by atoms with Gasteiger partial charge < -0.3 is 10.2 Å². The van der Waals surface area contributed by atoms with Crippen molar-refractivity contribution >= 4 is 0 Å². The van der Waals surface area contributed by atoms with Crippen LogP contribution in [0.2, 0.25) is 0 Å². The molecule has 0 radical (unpaired) electrons. The molecular weight excluding hydrogens is 244 g/mol. The fourth-order valence-electron chi connectivity index (χ4n) is 3.83. The first-order valence-electron chi connectivity index (χ1n) is 8.53. The topological polar surface area (TPSA) is 15.3 Å². The van der Waals surface area contributed by atoms with Crippen molar-refractivity contribution < 1.29 is 0 Å². The van der Waals surface area contributed by atoms with Gasteiger partial charge in [-0.05, 0) is 50.1 Å². The molecule has 3 unspecified atom stereocenters. The van der Waals surface area contributed by atoms with E-state index in [9.17, 15) is 0 Å². The summed E-state index contributed by atoms with van der Waals surface area (Å²) in [7, 11) is 2.31. The summed E-state index contributed by atoms with van der Waals surface area (Å²) in [5.74, 6) is 0.786. The van der Waals surface area contributed by atoms with Gasteiger partial charge in [0.25, 0.3) is 0 Å². The van der Waals surface area contributed by atoms with Crippen LogP contribution in [0.5, 0.6) is 0 Å². The number of hydrogen-bond donors (Lipinski definition) is 1. The molecule has 0 bridgehead atoms. The normalized spacial score (nSPS) is 28.6. The number of rotatable bonds is 5. The van der Waals surface area contributed by atoms with Crippen LogP contribution in [0.15, 0.2) is 0 Å². The monoisotopic (exact) mass is 282 g/mol. The standard InChI is InChI=1S/C18H38N2/c1-9-19-16-15(11-10-12-18(16,6)7)13-20(8)14(2)17(3,4)5/h14-16,19H,9-13H2,1-8H3. The second kappa shape index (κ2) is 6.79. The third-order valence-corrected chi connectivity index (χ3v) is 5.57. The molecule has 0 aromatic carbocycles. The molecule has 1 saturated carbocycles. The van der Waals surface area contributed by atoms with Crippen molar-refractivity contribution in [2.75, 3.05) is 20.1 Å². The summed E-state index contributed by atoms with van der Waals surface area (Å²) in [4.78, 5) is 2.58. The van der Waals surface area contributed by atoms with Crippen LogP contribution in [-0.2, 0) is 0 Å². The van der Waals surface area contributed by atoms with E-state index in [1.54, 1.807) is 0 Å². The lowest BCUT2D eigenvalue weighted by Gasteiger charge is -2.47. The lowest BCUT2D eigenvalue weighted by Crippen LogP contribution is -2.54. The van der Waals surface area contributed by atoms with Crippen molar-refractivity contribution in [3.05, 3.63) is 0 Å². The molecule has 20 heavy (non-hydrogen) atoms. The fourth-order valence-corrected chi connectivity index (χ4v) is 3.83. The largest absolute Gasteiger partial charge is 0.313 e. The highest BCUT2D eigenvalue weighted by Crippen LogP contribution is 2.39. The summed E-state index contributed by atoms with van der Waals surface area (Å²) in [6.07, 6.45) is 4.12. The minimum Gasteiger partial charge on any atom is -0.313 e. The predicted octanol–water partition coefficient (Wildman–Crippen LogP) is 4.16. The Morgan fingerprint density at radius 3 is 2.40 bits per heavy atom. The maximum absolute atomic E-state index is 3.78. The number of hydrogen-bond acceptors (Lipinski definition) is 2. The second-order valence-corrected chi connectivity index (χ2v) is 8.66. The van der Waals surface area contributed by atoms with Gasteiger partial charge >= 0.3 is 0 Å². The average Bonchev–Trinajstić information content (AvgIpc) is 2.31. The van der Waals surface area contributed by atoms with Gasteiger partial charge in [-0.2, -0.15) is 0 Å². The van der Waals surface area contributed by atoms with Crippen molar-refractivity contribution in [3.63, 3.8) is 0 Å². The Hall–Kier alpha value is -0.0800. The third-order valence-electron chi connectivity index (χ3n) is 5.57. The van der Waals surface area contributed by atoms with Gasteiger partial charge in [0.05, 0.1) is 0 Å². The van der Waals surface area contributed by atoms with Crippen LogP contribution in [0.1, 0.15) is 67.7 Å². The van der Waals surface area contributed by atoms with E-state index in [2.05, 4.69) is 65.7 Å². The smallest absolute Gasteiger partial charge is 0.0159 e. The molecule has 0 aromatic rings. The molecule has 1 rings (SSSR count). The van der Waals surface area contributed by atoms with Crippen LogP contribution >= 0.6 is 0 Å². The number of nitrogens with one attached hydrogen (secondary N) is 1. The van der Waals surface area contributed by atoms with Gasteiger partial charge in [0, 0.05) is 18.6 Å². The molecule has 1 fully saturated rings. The minimum atomic E-state index is 0.354. The summed E-state index contributed by atoms with van der Waals surface area (Å²) >= 11 is 0. The van der Waals surface area contributed by atoms with E-state index >= 15 is 0 Å². The lowest BCUT2D eigenvalue weighted by molar-refractivity contribution is 0.0566. The molecule has 120 valence electrons. The van der Waals surface area contributed by atoms with Crippen LogP contribution in [-0.4, -0.2) is 37.1 Å². The van der Waals surface area contributed by atoms with Gasteiger partial charge in [-0.25, -0.2) is 0 Å². The Balaban J connectivity index is 2.73. The minimum absolute atomic E-state index is 0.354. The van der Waals surface area contributed by atoms with Gasteiger partial charge in [-0.1, -0.05) is 48.0 Å². The zero-order chi connectivity index (χ0) is 15.6. The average molecular weight is 283 g/mol. The van der Waals surface area contributed by atoms with Crippen LogP contribution in [0.3, 0.4) is 0 Å². The molecule has 1 aliphatic rings. The summed E-state index contributed by atoms with van der Waals surface area (Å²) in [5.41, 5.74) is 0.789. The van der Waals surface area contributed by atoms with Gasteiger partial charge in [0.1, 0.15) is 0 Å². The highest BCUT2D eigenvalue weighted by molar-refractivity contribution is 4.94. The quantitative estimate of drug-likeness (QED) is 0.814. The van der Waals surface area contributed by atoms with Crippen LogP contribution in [0.4, 0.5) is 0 Å². The predicted molar refractivity (Wildman–Crippen MR) is 90.1 cm³/mol. The summed E-state index contributed by atoms with van der Waals surface area (Å²) in [5, 5.41) is 3.78. The molecule has 0 heterocycles. The van der Waals surface area contributed by atoms with E-state index in [1.165, 1.54) is 25.8 Å². The van der Waals surface area contributed by atoms with E-state index in [4.69, 9.17) is 0 Å². The maximum Gasteiger partial charge on any atom is 0.0159 e. The van der Waals surface area contributed by atoms with Gasteiger partial charge in [-0.3, -0.25) is 0 Å². The Morgan fingerprint density at radius 1 is 1.30 bits per heavy atom. The Kier molecular flexibility index (Phi) is 6.10. The zero-order valence-corrected chi connectivity index (χ0v) is 15.2. The van der Waals surface area contributed by atoms with Crippen LogP contribution in [0.25, 0.3) is 0 Å². The summed E-state index contributed by atoms with van der Waals surface area (Å²) < 4.78 is 0. The Morgan fingerprint density at radius 2 is 1.90 bits per heavy atom. The second-order valence-electron chi connectivity index (χ2n) is 8.66. The van der Waals surface area contributed by atoms with Crippen molar-refractivity contribution in [3.8, 4) is 0 Å². The van der Waals surface area contributed by atoms with Crippen molar-refractivity contribution in [1.82, 2.24) is 10.2 Å². The van der Waals surface area contributed by atoms with E-state index < -0.39 is 0 Å². The third kappa shape index (κ3) is 4.46. The zero-order valence-electron chi connectivity index (χ0n) is 15.2. The first-order valence-corrected chi connectivity index (χ1v) is 8.53. The van der Waals surface area contributed by atoms with E-state index in [-0.39, 0.29) is 0 Å². The molecule has 0 amide bonds. The van der Waals surface area contributed by atoms with Gasteiger partial charge in [-0.15, -0.1) is 0 Å². The Labute approximate surface area is 127 Å². The molecule has 0 saturated heterocycles. The van der Waals surface area contributed by atoms with E-state index in [0.29, 0.717) is 22.9 Å². The van der Waals surface area contributed by atoms with E-state index in [0.717, 1.165) is 12.5 Å². The highest BCUT2D eigenvalue weighted by Gasteiger charge is 2.39. The lowest BCUT2D eigenvalue weighted by atomic mass is 9.67. The van der Waals surface area contributed by atoms with Crippen LogP contribution in [0, 0.1) is 16.7 Å². The maximum atomic E-state index is 3.78. The van der Waals surface area contributed by atoms with Crippen molar-refractivity contribution in [1.29, 1.82) is 0 Å². The van der Waals surface area contributed by atoms with Crippen molar-refractivity contribution in [2.45, 2.75) is 79.8 Å². The molecule has 2 nitrogen and oxygen atoms in total. The molecule has 0 aliphatic heterocycles. The molecule has 0 spiro atoms. The first kappa shape index (κ1) is 18.0. The fraction of sp³-hybridized carbons (Fsp3) is 1.00. The molecular formula is C18H38N2. The first-order chi connectivity index (χ1) is 9.09. The molecule has 1 N–H and O–H groups in total. The molecule has 0 aromatic heterocycles. The van der Waals surface area contributed by atoms with E-state index in [1.807, 2.05) is 0 Å². The van der Waals surface area contributed by atoms with Gasteiger partial charge in [0.2, 0.25) is 0 Å². The summed E-state index contributed by atoms with van der Waals surface area (Å²) in [6, 6.07) is 1.28. The molecule has 1 aliphatic carbocycles. The van der Waals surface area contributed by atoms with Gasteiger partial charge in [0.15, 0.2) is 0 Å². The number of nitrogens with zero attached hydrogens (tertiary/aromatic N) is 1. The summed E-state index contributed by atoms with van der Waals surface area (Å²) in [6.45, 7) is 18.9. The Bertz CT molecular complexity index is 290. The highest BCUT2D eigenvalue weighted by atomic mass is 15.1. The SMILES string of the molecule is CCNC1C(CN(C)C(C)C(C)(C)C)CCCC1(C)C. The molecule has 2 heteroatoms. The van der Waals surface area contributed by atoms with Crippen LogP contribution < -0.4 is 5.32 Å². The molecule has 3 atom stereocenters. The van der Waals surface area contributed by atoms with Crippen molar-refractivity contribution in [2.24, 2.45) is 16.7 Å².